The molecule has 39 heavy (non-hydrogen) atoms. The highest BCUT2D eigenvalue weighted by molar-refractivity contribution is 6.34. The van der Waals surface area contributed by atoms with Crippen LogP contribution in [0.5, 0.6) is 5.88 Å². The Morgan fingerprint density at radius 2 is 1.59 bits per heavy atom. The Bertz CT molecular complexity index is 1470. The van der Waals surface area contributed by atoms with E-state index in [0.717, 1.165) is 75.0 Å². The molecule has 0 bridgehead atoms. The molecule has 3 heterocycles. The van der Waals surface area contributed by atoms with E-state index in [4.69, 9.17) is 16.3 Å². The maximum Gasteiger partial charge on any atom is 0.200 e. The van der Waals surface area contributed by atoms with Crippen LogP contribution < -0.4 is 9.80 Å². The number of likely N-dealkylation sites (N-methyl/N-ethyl adjacent to an activating group) is 1. The molecule has 9 heteroatoms. The lowest BCUT2D eigenvalue weighted by atomic mass is 9.98. The van der Waals surface area contributed by atoms with Crippen LogP contribution in [0.3, 0.4) is 0 Å². The number of hydrogen-bond acceptors (Lipinski definition) is 6. The van der Waals surface area contributed by atoms with Crippen molar-refractivity contribution in [2.45, 2.75) is 0 Å². The smallest absolute Gasteiger partial charge is 0.200 e. The van der Waals surface area contributed by atoms with Gasteiger partial charge >= 0.3 is 0 Å². The van der Waals surface area contributed by atoms with Crippen LogP contribution in [0.2, 0.25) is 5.02 Å². The minimum atomic E-state index is -0.222. The summed E-state index contributed by atoms with van der Waals surface area (Å²) in [4.78, 5) is 23.6. The fourth-order valence-corrected chi connectivity index (χ4v) is 5.65. The fourth-order valence-electron chi connectivity index (χ4n) is 5.38. The number of rotatable bonds is 5. The van der Waals surface area contributed by atoms with Crippen molar-refractivity contribution >= 4 is 52.1 Å². The van der Waals surface area contributed by atoms with Crippen LogP contribution in [0, 0.1) is 0 Å². The van der Waals surface area contributed by atoms with Gasteiger partial charge in [0.05, 0.1) is 29.3 Å². The van der Waals surface area contributed by atoms with Crippen molar-refractivity contribution in [2.75, 3.05) is 69.3 Å². The van der Waals surface area contributed by atoms with Gasteiger partial charge in [0.2, 0.25) is 5.88 Å². The number of fused-ring (bicyclic) bond motifs is 1. The van der Waals surface area contributed by atoms with Crippen molar-refractivity contribution in [1.82, 2.24) is 9.88 Å². The Hall–Kier alpha value is -3.23. The summed E-state index contributed by atoms with van der Waals surface area (Å²) in [5, 5.41) is 12.0. The molecule has 2 aliphatic heterocycles. The summed E-state index contributed by atoms with van der Waals surface area (Å²) in [6.07, 6.45) is 0. The van der Waals surface area contributed by atoms with E-state index in [1.807, 2.05) is 36.4 Å². The summed E-state index contributed by atoms with van der Waals surface area (Å²) >= 11 is 6.68. The Labute approximate surface area is 239 Å². The topological polar surface area (TPSA) is 72.0 Å². The Morgan fingerprint density at radius 3 is 2.31 bits per heavy atom. The number of aromatic amines is 1. The van der Waals surface area contributed by atoms with Crippen LogP contribution in [-0.2, 0) is 4.74 Å². The molecular weight excluding hydrogens is 535 g/mol. The Kier molecular flexibility index (Phi) is 8.05. The number of anilines is 2. The molecule has 0 amide bonds. The third-order valence-corrected chi connectivity index (χ3v) is 7.94. The molecule has 0 atom stereocenters. The van der Waals surface area contributed by atoms with Crippen LogP contribution in [0.25, 0.3) is 22.0 Å². The minimum absolute atomic E-state index is 0. The number of carbonyl (C=O) groups is 1. The van der Waals surface area contributed by atoms with Gasteiger partial charge in [-0.1, -0.05) is 35.9 Å². The van der Waals surface area contributed by atoms with Crippen molar-refractivity contribution in [1.29, 1.82) is 0 Å². The van der Waals surface area contributed by atoms with Crippen LogP contribution in [-0.4, -0.2) is 80.3 Å². The number of ketones is 1. The second kappa shape index (κ2) is 11.5. The molecule has 0 unspecified atom stereocenters. The highest BCUT2D eigenvalue weighted by atomic mass is 35.5. The van der Waals surface area contributed by atoms with Gasteiger partial charge in [0.1, 0.15) is 0 Å². The number of H-pyrrole nitrogens is 1. The second-order valence-electron chi connectivity index (χ2n) is 10.0. The molecule has 0 saturated carbocycles. The van der Waals surface area contributed by atoms with E-state index in [-0.39, 0.29) is 29.6 Å². The highest BCUT2D eigenvalue weighted by Crippen LogP contribution is 2.38. The molecule has 2 saturated heterocycles. The standard InChI is InChI=1S/C30H31ClN4O3.ClH/c1-33-9-11-34(12-10-33)23-4-2-3-21(17-23)29(36)28-25-18-24(26(31)19-27(25)32-30(28)37)20-5-7-22(8-6-20)35-13-15-38-16-14-35;/h2-8,17-19,32,37H,9-16H2,1H3;1H. The number of benzene rings is 3. The number of nitrogens with zero attached hydrogens (tertiary/aromatic N) is 3. The van der Waals surface area contributed by atoms with Gasteiger partial charge in [0.15, 0.2) is 5.78 Å². The third kappa shape index (κ3) is 5.45. The Balaban J connectivity index is 0.00000308. The average Bonchev–Trinajstić information content (AvgIpc) is 3.27. The predicted octanol–water partition coefficient (Wildman–Crippen LogP) is 5.44. The van der Waals surface area contributed by atoms with E-state index >= 15 is 0 Å². The maximum atomic E-state index is 13.7. The van der Waals surface area contributed by atoms with Gasteiger partial charge < -0.3 is 29.5 Å². The minimum Gasteiger partial charge on any atom is -0.494 e. The fraction of sp³-hybridized carbons (Fsp3) is 0.300. The molecule has 2 aliphatic rings. The van der Waals surface area contributed by atoms with Gasteiger partial charge in [-0.15, -0.1) is 12.4 Å². The van der Waals surface area contributed by atoms with Gasteiger partial charge in [0, 0.05) is 67.2 Å². The lowest BCUT2D eigenvalue weighted by Crippen LogP contribution is -2.44. The molecule has 0 aliphatic carbocycles. The molecule has 204 valence electrons. The van der Waals surface area contributed by atoms with Gasteiger partial charge in [-0.3, -0.25) is 4.79 Å². The van der Waals surface area contributed by atoms with Gasteiger partial charge in [-0.05, 0) is 49.0 Å². The highest BCUT2D eigenvalue weighted by Gasteiger charge is 2.23. The second-order valence-corrected chi connectivity index (χ2v) is 10.4. The lowest BCUT2D eigenvalue weighted by molar-refractivity contribution is 0.103. The number of morpholine rings is 1. The first-order chi connectivity index (χ1) is 18.5. The summed E-state index contributed by atoms with van der Waals surface area (Å²) in [6.45, 7) is 7.01. The third-order valence-electron chi connectivity index (χ3n) is 7.62. The SMILES string of the molecule is CN1CCN(c2cccc(C(=O)c3c(O)[nH]c4cc(Cl)c(-c5ccc(N6CCOCC6)cc5)cc34)c2)CC1.Cl. The van der Waals surface area contributed by atoms with Crippen molar-refractivity contribution < 1.29 is 14.6 Å². The number of nitrogens with one attached hydrogen (secondary N) is 1. The summed E-state index contributed by atoms with van der Waals surface area (Å²) in [5.41, 5.74) is 5.36. The number of hydrogen-bond donors (Lipinski definition) is 2. The number of halogens is 2. The molecule has 6 rings (SSSR count). The average molecular weight is 568 g/mol. The number of carbonyl (C=O) groups excluding carboxylic acids is 1. The largest absolute Gasteiger partial charge is 0.494 e. The molecule has 3 aromatic carbocycles. The van der Waals surface area contributed by atoms with Crippen LogP contribution in [0.15, 0.2) is 60.7 Å². The molecule has 1 aromatic heterocycles. The first kappa shape index (κ1) is 27.3. The van der Waals surface area contributed by atoms with Gasteiger partial charge in [-0.25, -0.2) is 0 Å². The van der Waals surface area contributed by atoms with E-state index < -0.39 is 0 Å². The van der Waals surface area contributed by atoms with Crippen molar-refractivity contribution in [3.05, 3.63) is 76.8 Å². The molecule has 0 radical (unpaired) electrons. The van der Waals surface area contributed by atoms with Crippen LogP contribution >= 0.6 is 24.0 Å². The normalized spacial score (nSPS) is 16.4. The molecule has 0 spiro atoms. The van der Waals surface area contributed by atoms with Crippen LogP contribution in [0.1, 0.15) is 15.9 Å². The van der Waals surface area contributed by atoms with Gasteiger partial charge in [-0.2, -0.15) is 0 Å². The lowest BCUT2D eigenvalue weighted by Gasteiger charge is -2.34. The molecule has 4 aromatic rings. The van der Waals surface area contributed by atoms with Gasteiger partial charge in [0.25, 0.3) is 0 Å². The number of aromatic nitrogens is 1. The van der Waals surface area contributed by atoms with E-state index in [1.165, 1.54) is 0 Å². The molecule has 7 nitrogen and oxygen atoms in total. The quantitative estimate of drug-likeness (QED) is 0.313. The first-order valence-corrected chi connectivity index (χ1v) is 13.4. The number of aromatic hydroxyl groups is 1. The molecule has 2 N–H and O–H groups in total. The first-order valence-electron chi connectivity index (χ1n) is 13.0. The summed E-state index contributed by atoms with van der Waals surface area (Å²) in [7, 11) is 2.12. The van der Waals surface area contributed by atoms with E-state index in [2.05, 4.69) is 38.9 Å². The van der Waals surface area contributed by atoms with E-state index in [1.54, 1.807) is 12.1 Å². The predicted molar refractivity (Wildman–Crippen MR) is 160 cm³/mol. The molecular formula is C30H32Cl2N4O3. The van der Waals surface area contributed by atoms with Crippen molar-refractivity contribution in [3.63, 3.8) is 0 Å². The monoisotopic (exact) mass is 566 g/mol. The van der Waals surface area contributed by atoms with E-state index in [9.17, 15) is 9.90 Å². The number of ether oxygens (including phenoxy) is 1. The van der Waals surface area contributed by atoms with Crippen LogP contribution in [0.4, 0.5) is 11.4 Å². The summed E-state index contributed by atoms with van der Waals surface area (Å²) < 4.78 is 5.46. The Morgan fingerprint density at radius 1 is 0.897 bits per heavy atom. The maximum absolute atomic E-state index is 13.7. The summed E-state index contributed by atoms with van der Waals surface area (Å²) in [6, 6.07) is 19.6. The zero-order chi connectivity index (χ0) is 26.2. The van der Waals surface area contributed by atoms with E-state index in [0.29, 0.717) is 21.5 Å². The number of piperazine rings is 1. The van der Waals surface area contributed by atoms with Crippen molar-refractivity contribution in [2.24, 2.45) is 0 Å². The summed E-state index contributed by atoms with van der Waals surface area (Å²) in [5.74, 6) is -0.369. The van der Waals surface area contributed by atoms with Crippen molar-refractivity contribution in [3.8, 4) is 17.0 Å². The molecule has 2 fully saturated rings. The zero-order valence-corrected chi connectivity index (χ0v) is 23.4. The zero-order valence-electron chi connectivity index (χ0n) is 21.8.